The van der Waals surface area contributed by atoms with Gasteiger partial charge in [0, 0.05) is 52.0 Å². The zero-order chi connectivity index (χ0) is 28.1. The summed E-state index contributed by atoms with van der Waals surface area (Å²) in [4.78, 5) is 39.4. The molecule has 0 saturated heterocycles. The Morgan fingerprint density at radius 1 is 0.949 bits per heavy atom. The molecule has 0 saturated carbocycles. The van der Waals surface area contributed by atoms with Crippen molar-refractivity contribution < 1.29 is 19.1 Å². The number of nitrogens with one attached hydrogen (secondary N) is 2. The highest BCUT2D eigenvalue weighted by Gasteiger charge is 2.46. The van der Waals surface area contributed by atoms with Crippen LogP contribution in [0.3, 0.4) is 0 Å². The zero-order valence-electron chi connectivity index (χ0n) is 22.5. The first-order valence-electron chi connectivity index (χ1n) is 13.1. The molecule has 5 rings (SSSR count). The molecule has 1 aliphatic heterocycles. The highest BCUT2D eigenvalue weighted by molar-refractivity contribution is 9.10. The SMILES string of the molecule is CC1(C)CC(=O)C2=C(C1)NC1=C(C(=O)CC(C)(C)C1)C2c1ccc(OCC(=O)Nc2ccc(Cl)cc2)c(Br)c1. The number of ether oxygens (including phenoxy) is 1. The molecule has 2 aromatic carbocycles. The monoisotopic (exact) mass is 610 g/mol. The number of dihydropyridines is 1. The molecule has 0 fully saturated rings. The third-order valence-corrected chi connectivity index (χ3v) is 8.37. The molecule has 2 aliphatic carbocycles. The predicted octanol–water partition coefficient (Wildman–Crippen LogP) is 7.09. The number of rotatable bonds is 5. The molecule has 0 spiro atoms. The molecule has 0 unspecified atom stereocenters. The van der Waals surface area contributed by atoms with Gasteiger partial charge in [0.1, 0.15) is 5.75 Å². The van der Waals surface area contributed by atoms with Crippen LogP contribution in [0.5, 0.6) is 5.75 Å². The fourth-order valence-corrected chi connectivity index (χ4v) is 6.55. The van der Waals surface area contributed by atoms with E-state index in [1.807, 2.05) is 12.1 Å². The topological polar surface area (TPSA) is 84.5 Å². The van der Waals surface area contributed by atoms with Crippen LogP contribution in [0.4, 0.5) is 5.69 Å². The third kappa shape index (κ3) is 5.85. The van der Waals surface area contributed by atoms with E-state index in [1.165, 1.54) is 0 Å². The number of halogens is 2. The fourth-order valence-electron chi connectivity index (χ4n) is 5.91. The van der Waals surface area contributed by atoms with Crippen LogP contribution in [0.2, 0.25) is 5.02 Å². The first kappa shape index (κ1) is 27.7. The lowest BCUT2D eigenvalue weighted by atomic mass is 9.64. The van der Waals surface area contributed by atoms with Gasteiger partial charge in [0.2, 0.25) is 0 Å². The van der Waals surface area contributed by atoms with E-state index >= 15 is 0 Å². The number of hydrogen-bond donors (Lipinski definition) is 2. The van der Waals surface area contributed by atoms with Gasteiger partial charge in [0.25, 0.3) is 5.91 Å². The van der Waals surface area contributed by atoms with E-state index in [1.54, 1.807) is 30.3 Å². The number of amides is 1. The Kier molecular flexibility index (Phi) is 7.27. The van der Waals surface area contributed by atoms with Gasteiger partial charge in [0.15, 0.2) is 18.2 Å². The summed E-state index contributed by atoms with van der Waals surface area (Å²) < 4.78 is 6.44. The van der Waals surface area contributed by atoms with Crippen LogP contribution >= 0.6 is 27.5 Å². The van der Waals surface area contributed by atoms with Crippen LogP contribution in [0.25, 0.3) is 0 Å². The Bertz CT molecular complexity index is 1390. The Labute approximate surface area is 242 Å². The summed E-state index contributed by atoms with van der Waals surface area (Å²) in [6.07, 6.45) is 2.39. The number of allylic oxidation sites excluding steroid dienone is 4. The maximum atomic E-state index is 13.5. The van der Waals surface area contributed by atoms with E-state index in [0.29, 0.717) is 44.9 Å². The van der Waals surface area contributed by atoms with Gasteiger partial charge in [-0.1, -0.05) is 45.4 Å². The number of benzene rings is 2. The predicted molar refractivity (Wildman–Crippen MR) is 156 cm³/mol. The second-order valence-electron chi connectivity index (χ2n) is 12.3. The summed E-state index contributed by atoms with van der Waals surface area (Å²) in [7, 11) is 0. The Morgan fingerprint density at radius 3 is 2.05 bits per heavy atom. The van der Waals surface area contributed by atoms with Crippen molar-refractivity contribution in [3.8, 4) is 5.75 Å². The number of carbonyl (C=O) groups excluding carboxylic acids is 3. The molecule has 39 heavy (non-hydrogen) atoms. The number of Topliss-reactive ketones (excluding diaryl/α,β-unsaturated/α-hetero) is 2. The number of carbonyl (C=O) groups is 3. The second-order valence-corrected chi connectivity index (χ2v) is 13.5. The van der Waals surface area contributed by atoms with Gasteiger partial charge >= 0.3 is 0 Å². The Hall–Kier alpha value is -2.90. The van der Waals surface area contributed by atoms with Gasteiger partial charge in [-0.05, 0) is 81.6 Å². The van der Waals surface area contributed by atoms with E-state index in [-0.39, 0.29) is 34.9 Å². The summed E-state index contributed by atoms with van der Waals surface area (Å²) >= 11 is 9.50. The van der Waals surface area contributed by atoms with Crippen LogP contribution in [-0.2, 0) is 14.4 Å². The quantitative estimate of drug-likeness (QED) is 0.377. The lowest BCUT2D eigenvalue weighted by Crippen LogP contribution is -2.42. The highest BCUT2D eigenvalue weighted by Crippen LogP contribution is 2.51. The molecule has 3 aliphatic rings. The molecule has 1 heterocycles. The van der Waals surface area contributed by atoms with Crippen molar-refractivity contribution in [2.45, 2.75) is 59.3 Å². The molecular formula is C31H32BrClN2O4. The minimum absolute atomic E-state index is 0.0817. The summed E-state index contributed by atoms with van der Waals surface area (Å²) in [5.74, 6) is -0.0739. The normalized spacial score (nSPS) is 20.3. The van der Waals surface area contributed by atoms with Crippen molar-refractivity contribution in [2.24, 2.45) is 10.8 Å². The molecule has 0 aromatic heterocycles. The molecule has 0 bridgehead atoms. The van der Waals surface area contributed by atoms with E-state index in [4.69, 9.17) is 16.3 Å². The lowest BCUT2D eigenvalue weighted by Gasteiger charge is -2.44. The summed E-state index contributed by atoms with van der Waals surface area (Å²) in [5.41, 5.74) is 4.44. The van der Waals surface area contributed by atoms with Gasteiger partial charge in [0.05, 0.1) is 4.47 Å². The molecular weight excluding hydrogens is 580 g/mol. The summed E-state index contributed by atoms with van der Waals surface area (Å²) in [5, 5.41) is 6.90. The number of hydrogen-bond acceptors (Lipinski definition) is 5. The first-order valence-corrected chi connectivity index (χ1v) is 14.3. The Morgan fingerprint density at radius 2 is 1.51 bits per heavy atom. The molecule has 204 valence electrons. The minimum Gasteiger partial charge on any atom is -0.483 e. The number of ketones is 2. The van der Waals surface area contributed by atoms with Crippen LogP contribution in [-0.4, -0.2) is 24.1 Å². The van der Waals surface area contributed by atoms with Gasteiger partial charge in [-0.25, -0.2) is 0 Å². The Balaban J connectivity index is 1.43. The molecule has 6 nitrogen and oxygen atoms in total. The average Bonchev–Trinajstić information content (AvgIpc) is 2.82. The molecule has 1 amide bonds. The van der Waals surface area contributed by atoms with E-state index < -0.39 is 5.92 Å². The zero-order valence-corrected chi connectivity index (χ0v) is 24.9. The van der Waals surface area contributed by atoms with Crippen molar-refractivity contribution in [1.82, 2.24) is 5.32 Å². The largest absolute Gasteiger partial charge is 0.483 e. The van der Waals surface area contributed by atoms with Crippen molar-refractivity contribution in [2.75, 3.05) is 11.9 Å². The van der Waals surface area contributed by atoms with Gasteiger partial charge in [-0.15, -0.1) is 0 Å². The van der Waals surface area contributed by atoms with Crippen molar-refractivity contribution >= 4 is 50.7 Å². The molecule has 2 N–H and O–H groups in total. The van der Waals surface area contributed by atoms with Crippen LogP contribution in [0, 0.1) is 10.8 Å². The van der Waals surface area contributed by atoms with Gasteiger partial charge < -0.3 is 15.4 Å². The molecule has 8 heteroatoms. The molecule has 2 aromatic rings. The summed E-state index contributed by atoms with van der Waals surface area (Å²) in [6, 6.07) is 12.4. The lowest BCUT2D eigenvalue weighted by molar-refractivity contribution is -0.119. The molecule has 0 atom stereocenters. The first-order chi connectivity index (χ1) is 18.3. The second kappa shape index (κ2) is 10.3. The fraction of sp³-hybridized carbons (Fsp3) is 0.387. The van der Waals surface area contributed by atoms with Gasteiger partial charge in [-0.2, -0.15) is 0 Å². The van der Waals surface area contributed by atoms with E-state index in [0.717, 1.165) is 29.8 Å². The maximum absolute atomic E-state index is 13.5. The van der Waals surface area contributed by atoms with E-state index in [2.05, 4.69) is 54.3 Å². The average molecular weight is 612 g/mol. The highest BCUT2D eigenvalue weighted by atomic mass is 79.9. The van der Waals surface area contributed by atoms with Crippen molar-refractivity contribution in [3.63, 3.8) is 0 Å². The van der Waals surface area contributed by atoms with Crippen LogP contribution in [0.1, 0.15) is 64.9 Å². The van der Waals surface area contributed by atoms with Crippen molar-refractivity contribution in [3.05, 3.63) is 80.1 Å². The standard InChI is InChI=1S/C31H32BrClN2O4/c1-30(2)12-21-28(23(36)14-30)27(29-22(35-21)13-31(3,4)15-24(29)37)17-5-10-25(20(32)11-17)39-16-26(38)34-19-8-6-18(33)7-9-19/h5-11,27,35H,12-16H2,1-4H3,(H,34,38). The maximum Gasteiger partial charge on any atom is 0.262 e. The third-order valence-electron chi connectivity index (χ3n) is 7.50. The van der Waals surface area contributed by atoms with Gasteiger partial charge in [-0.3, -0.25) is 14.4 Å². The molecule has 0 radical (unpaired) electrons. The summed E-state index contributed by atoms with van der Waals surface area (Å²) in [6.45, 7) is 8.25. The number of anilines is 1. The van der Waals surface area contributed by atoms with Crippen LogP contribution in [0.15, 0.2) is 69.5 Å². The smallest absolute Gasteiger partial charge is 0.262 e. The van der Waals surface area contributed by atoms with E-state index in [9.17, 15) is 14.4 Å². The van der Waals surface area contributed by atoms with Crippen molar-refractivity contribution in [1.29, 1.82) is 0 Å². The van der Waals surface area contributed by atoms with Crippen LogP contribution < -0.4 is 15.4 Å². The minimum atomic E-state index is -0.429.